The predicted octanol–water partition coefficient (Wildman–Crippen LogP) is 1.68. The number of anilines is 1. The number of aromatic nitrogens is 2. The third-order valence-corrected chi connectivity index (χ3v) is 2.83. The van der Waals surface area contributed by atoms with Crippen molar-refractivity contribution in [2.24, 2.45) is 0 Å². The van der Waals surface area contributed by atoms with Crippen molar-refractivity contribution in [1.82, 2.24) is 15.5 Å². The van der Waals surface area contributed by atoms with Crippen LogP contribution in [0.1, 0.15) is 22.8 Å². The number of nitrogens with zero attached hydrogens (tertiary/aromatic N) is 2. The average Bonchev–Trinajstić information content (AvgIpc) is 2.98. The summed E-state index contributed by atoms with van der Waals surface area (Å²) in [4.78, 5) is 22.3. The Bertz CT molecular complexity index is 639. The van der Waals surface area contributed by atoms with Crippen molar-refractivity contribution in [2.75, 3.05) is 11.9 Å². The standard InChI is InChI=1S/C13H15N5O3/c1-2-14-13(19)10-3-4-12(18(20)21)11(5-10)15-6-9-7-16-17-8-9/h3-5,7-8,15H,2,6H2,1H3,(H,14,19)(H,16,17). The van der Waals surface area contributed by atoms with Crippen LogP contribution in [0.15, 0.2) is 30.6 Å². The van der Waals surface area contributed by atoms with Gasteiger partial charge in [0.2, 0.25) is 0 Å². The third-order valence-electron chi connectivity index (χ3n) is 2.83. The fourth-order valence-electron chi connectivity index (χ4n) is 1.81. The highest BCUT2D eigenvalue weighted by atomic mass is 16.6. The zero-order valence-electron chi connectivity index (χ0n) is 11.4. The van der Waals surface area contributed by atoms with Crippen LogP contribution in [0, 0.1) is 10.1 Å². The number of nitrogens with one attached hydrogen (secondary N) is 3. The van der Waals surface area contributed by atoms with Crippen LogP contribution in [0.25, 0.3) is 0 Å². The first kappa shape index (κ1) is 14.5. The fraction of sp³-hybridized carbons (Fsp3) is 0.231. The van der Waals surface area contributed by atoms with Gasteiger partial charge in [-0.15, -0.1) is 0 Å². The second-order valence-electron chi connectivity index (χ2n) is 4.31. The van der Waals surface area contributed by atoms with Crippen LogP contribution in [-0.2, 0) is 6.54 Å². The van der Waals surface area contributed by atoms with E-state index in [9.17, 15) is 14.9 Å². The molecule has 2 aromatic rings. The molecule has 8 heteroatoms. The summed E-state index contributed by atoms with van der Waals surface area (Å²) in [6, 6.07) is 4.23. The molecule has 0 unspecified atom stereocenters. The number of rotatable bonds is 6. The summed E-state index contributed by atoms with van der Waals surface area (Å²) in [7, 11) is 0. The van der Waals surface area contributed by atoms with Gasteiger partial charge in [0, 0.05) is 36.5 Å². The highest BCUT2D eigenvalue weighted by molar-refractivity contribution is 5.95. The molecule has 0 saturated carbocycles. The maximum Gasteiger partial charge on any atom is 0.292 e. The zero-order valence-corrected chi connectivity index (χ0v) is 11.4. The number of H-pyrrole nitrogens is 1. The summed E-state index contributed by atoms with van der Waals surface area (Å²) >= 11 is 0. The lowest BCUT2D eigenvalue weighted by Gasteiger charge is -2.08. The lowest BCUT2D eigenvalue weighted by atomic mass is 10.1. The first-order chi connectivity index (χ1) is 10.1. The van der Waals surface area contributed by atoms with E-state index in [0.717, 1.165) is 5.56 Å². The molecular weight excluding hydrogens is 274 g/mol. The molecular formula is C13H15N5O3. The van der Waals surface area contributed by atoms with Crippen LogP contribution in [0.3, 0.4) is 0 Å². The Hall–Kier alpha value is -2.90. The lowest BCUT2D eigenvalue weighted by molar-refractivity contribution is -0.384. The van der Waals surface area contributed by atoms with E-state index < -0.39 is 4.92 Å². The number of amides is 1. The van der Waals surface area contributed by atoms with E-state index in [1.54, 1.807) is 19.3 Å². The van der Waals surface area contributed by atoms with E-state index in [2.05, 4.69) is 20.8 Å². The highest BCUT2D eigenvalue weighted by Gasteiger charge is 2.16. The molecule has 21 heavy (non-hydrogen) atoms. The summed E-state index contributed by atoms with van der Waals surface area (Å²) in [5.74, 6) is -0.265. The van der Waals surface area contributed by atoms with E-state index in [4.69, 9.17) is 0 Å². The monoisotopic (exact) mass is 289 g/mol. The first-order valence-electron chi connectivity index (χ1n) is 6.40. The number of nitro benzene ring substituents is 1. The van der Waals surface area contributed by atoms with Crippen LogP contribution in [-0.4, -0.2) is 27.6 Å². The molecule has 0 radical (unpaired) electrons. The molecule has 110 valence electrons. The number of hydrogen-bond acceptors (Lipinski definition) is 5. The molecule has 0 bridgehead atoms. The van der Waals surface area contributed by atoms with E-state index in [0.29, 0.717) is 24.3 Å². The molecule has 0 aliphatic carbocycles. The minimum atomic E-state index is -0.487. The molecule has 1 aromatic heterocycles. The highest BCUT2D eigenvalue weighted by Crippen LogP contribution is 2.26. The van der Waals surface area contributed by atoms with Crippen LogP contribution in [0.4, 0.5) is 11.4 Å². The lowest BCUT2D eigenvalue weighted by Crippen LogP contribution is -2.22. The first-order valence-corrected chi connectivity index (χ1v) is 6.40. The van der Waals surface area contributed by atoms with Crippen molar-refractivity contribution in [3.8, 4) is 0 Å². The van der Waals surface area contributed by atoms with E-state index >= 15 is 0 Å². The van der Waals surface area contributed by atoms with E-state index in [1.165, 1.54) is 18.2 Å². The van der Waals surface area contributed by atoms with Gasteiger partial charge in [0.25, 0.3) is 11.6 Å². The van der Waals surface area contributed by atoms with Gasteiger partial charge in [-0.3, -0.25) is 20.0 Å². The molecule has 8 nitrogen and oxygen atoms in total. The van der Waals surface area contributed by atoms with Gasteiger partial charge in [0.15, 0.2) is 0 Å². The Kier molecular flexibility index (Phi) is 4.50. The maximum atomic E-state index is 11.8. The van der Waals surface area contributed by atoms with Crippen LogP contribution >= 0.6 is 0 Å². The van der Waals surface area contributed by atoms with Gasteiger partial charge in [0.1, 0.15) is 5.69 Å². The third kappa shape index (κ3) is 3.56. The van der Waals surface area contributed by atoms with E-state index in [-0.39, 0.29) is 11.6 Å². The molecule has 0 fully saturated rings. The minimum absolute atomic E-state index is 0.0773. The quantitative estimate of drug-likeness (QED) is 0.553. The molecule has 3 N–H and O–H groups in total. The Balaban J connectivity index is 2.24. The SMILES string of the molecule is CCNC(=O)c1ccc([N+](=O)[O-])c(NCc2cn[nH]c2)c1. The largest absolute Gasteiger partial charge is 0.375 e. The van der Waals surface area contributed by atoms with Crippen molar-refractivity contribution < 1.29 is 9.72 Å². The average molecular weight is 289 g/mol. The van der Waals surface area contributed by atoms with Crippen molar-refractivity contribution in [3.05, 3.63) is 51.8 Å². The smallest absolute Gasteiger partial charge is 0.292 e. The molecule has 0 aliphatic rings. The summed E-state index contributed by atoms with van der Waals surface area (Å²) < 4.78 is 0. The van der Waals surface area contributed by atoms with Gasteiger partial charge in [-0.05, 0) is 19.1 Å². The number of benzene rings is 1. The van der Waals surface area contributed by atoms with Gasteiger partial charge < -0.3 is 10.6 Å². The van der Waals surface area contributed by atoms with Crippen molar-refractivity contribution in [3.63, 3.8) is 0 Å². The Morgan fingerprint density at radius 1 is 1.48 bits per heavy atom. The Morgan fingerprint density at radius 2 is 2.29 bits per heavy atom. The van der Waals surface area contributed by atoms with Crippen LogP contribution < -0.4 is 10.6 Å². The summed E-state index contributed by atoms with van der Waals surface area (Å²) in [6.07, 6.45) is 3.30. The van der Waals surface area contributed by atoms with Gasteiger partial charge >= 0.3 is 0 Å². The van der Waals surface area contributed by atoms with Crippen LogP contribution in [0.2, 0.25) is 0 Å². The molecule has 1 amide bonds. The van der Waals surface area contributed by atoms with Crippen molar-refractivity contribution >= 4 is 17.3 Å². The fourth-order valence-corrected chi connectivity index (χ4v) is 1.81. The summed E-state index contributed by atoms with van der Waals surface area (Å²) in [5.41, 5.74) is 1.45. The Morgan fingerprint density at radius 3 is 2.90 bits per heavy atom. The second kappa shape index (κ2) is 6.51. The number of hydrogen-bond donors (Lipinski definition) is 3. The Labute approximate surface area is 120 Å². The molecule has 2 rings (SSSR count). The van der Waals surface area contributed by atoms with Gasteiger partial charge in [-0.1, -0.05) is 0 Å². The molecule has 0 saturated heterocycles. The van der Waals surface area contributed by atoms with Crippen molar-refractivity contribution in [1.29, 1.82) is 0 Å². The topological polar surface area (TPSA) is 113 Å². The van der Waals surface area contributed by atoms with Crippen molar-refractivity contribution in [2.45, 2.75) is 13.5 Å². The minimum Gasteiger partial charge on any atom is -0.375 e. The molecule has 0 atom stereocenters. The summed E-state index contributed by atoms with van der Waals surface area (Å²) in [5, 5.41) is 23.1. The predicted molar refractivity (Wildman–Crippen MR) is 77.0 cm³/mol. The molecule has 1 heterocycles. The maximum absolute atomic E-state index is 11.8. The van der Waals surface area contributed by atoms with Gasteiger partial charge in [0.05, 0.1) is 11.1 Å². The number of carbonyl (C=O) groups excluding carboxylic acids is 1. The number of aromatic amines is 1. The van der Waals surface area contributed by atoms with Gasteiger partial charge in [-0.2, -0.15) is 5.10 Å². The number of nitro groups is 1. The number of carbonyl (C=O) groups is 1. The van der Waals surface area contributed by atoms with Gasteiger partial charge in [-0.25, -0.2) is 0 Å². The van der Waals surface area contributed by atoms with E-state index in [1.807, 2.05) is 0 Å². The molecule has 0 aliphatic heterocycles. The normalized spacial score (nSPS) is 10.1. The summed E-state index contributed by atoms with van der Waals surface area (Å²) in [6.45, 7) is 2.67. The second-order valence-corrected chi connectivity index (χ2v) is 4.31. The zero-order chi connectivity index (χ0) is 15.2. The molecule has 0 spiro atoms. The van der Waals surface area contributed by atoms with Crippen LogP contribution in [0.5, 0.6) is 0 Å². The molecule has 1 aromatic carbocycles.